The number of ether oxygens (including phenoxy) is 1. The van der Waals surface area contributed by atoms with E-state index < -0.39 is 5.60 Å². The van der Waals surface area contributed by atoms with Crippen LogP contribution in [0, 0.1) is 5.92 Å². The van der Waals surface area contributed by atoms with Crippen molar-refractivity contribution in [2.75, 3.05) is 6.61 Å². The largest absolute Gasteiger partial charge is 0.466 e. The zero-order valence-corrected chi connectivity index (χ0v) is 9.79. The molecular formula is C12H22O3. The maximum atomic E-state index is 11.3. The molecule has 0 atom stereocenters. The van der Waals surface area contributed by atoms with Crippen LogP contribution in [-0.2, 0) is 9.53 Å². The van der Waals surface area contributed by atoms with E-state index in [9.17, 15) is 9.90 Å². The molecule has 0 aromatic carbocycles. The molecule has 1 N–H and O–H groups in total. The monoisotopic (exact) mass is 214 g/mol. The van der Waals surface area contributed by atoms with Gasteiger partial charge in [0.1, 0.15) is 0 Å². The zero-order chi connectivity index (χ0) is 11.3. The molecule has 0 saturated heterocycles. The molecule has 0 aromatic heterocycles. The second kappa shape index (κ2) is 5.50. The number of aliphatic hydroxyl groups is 1. The molecule has 1 aliphatic carbocycles. The summed E-state index contributed by atoms with van der Waals surface area (Å²) in [6, 6.07) is 0. The number of rotatable bonds is 4. The predicted octanol–water partition coefficient (Wildman–Crippen LogP) is 2.27. The molecule has 1 aliphatic rings. The molecule has 0 radical (unpaired) electrons. The molecule has 0 amide bonds. The summed E-state index contributed by atoms with van der Waals surface area (Å²) in [6.45, 7) is 4.36. The highest BCUT2D eigenvalue weighted by Gasteiger charge is 2.35. The van der Waals surface area contributed by atoms with Gasteiger partial charge in [-0.05, 0) is 38.5 Å². The minimum absolute atomic E-state index is 0.164. The number of carbonyl (C=O) groups is 1. The van der Waals surface area contributed by atoms with E-state index in [1.54, 1.807) is 6.92 Å². The van der Waals surface area contributed by atoms with Gasteiger partial charge in [0, 0.05) is 0 Å². The Morgan fingerprint density at radius 3 is 2.47 bits per heavy atom. The van der Waals surface area contributed by atoms with E-state index in [1.807, 2.05) is 0 Å². The van der Waals surface area contributed by atoms with Gasteiger partial charge in [-0.1, -0.05) is 13.3 Å². The Bertz CT molecular complexity index is 205. The average Bonchev–Trinajstić information content (AvgIpc) is 2.18. The van der Waals surface area contributed by atoms with Crippen molar-refractivity contribution in [3.05, 3.63) is 0 Å². The molecule has 0 unspecified atom stereocenters. The first-order chi connectivity index (χ1) is 7.09. The van der Waals surface area contributed by atoms with Crippen LogP contribution in [0.4, 0.5) is 0 Å². The van der Waals surface area contributed by atoms with Gasteiger partial charge < -0.3 is 9.84 Å². The lowest BCUT2D eigenvalue weighted by atomic mass is 9.76. The number of hydrogen-bond acceptors (Lipinski definition) is 3. The van der Waals surface area contributed by atoms with Gasteiger partial charge in [-0.3, -0.25) is 4.79 Å². The SMILES string of the molecule is CCOC(=O)CC1(O)CCC(CC)CC1. The van der Waals surface area contributed by atoms with E-state index >= 15 is 0 Å². The van der Waals surface area contributed by atoms with Crippen molar-refractivity contribution in [1.82, 2.24) is 0 Å². The Hall–Kier alpha value is -0.570. The first-order valence-corrected chi connectivity index (χ1v) is 5.97. The normalized spacial score (nSPS) is 31.3. The smallest absolute Gasteiger partial charge is 0.308 e. The molecule has 0 bridgehead atoms. The molecule has 3 heteroatoms. The van der Waals surface area contributed by atoms with E-state index in [2.05, 4.69) is 6.92 Å². The highest BCUT2D eigenvalue weighted by Crippen LogP contribution is 2.35. The van der Waals surface area contributed by atoms with Crippen molar-refractivity contribution >= 4 is 5.97 Å². The van der Waals surface area contributed by atoms with Gasteiger partial charge in [0.25, 0.3) is 0 Å². The lowest BCUT2D eigenvalue weighted by Gasteiger charge is -2.35. The summed E-state index contributed by atoms with van der Waals surface area (Å²) in [6.07, 6.45) is 4.89. The van der Waals surface area contributed by atoms with Crippen molar-refractivity contribution < 1.29 is 14.6 Å². The highest BCUT2D eigenvalue weighted by molar-refractivity contribution is 5.70. The lowest BCUT2D eigenvalue weighted by molar-refractivity contribution is -0.150. The standard InChI is InChI=1S/C12H22O3/c1-3-10-5-7-12(14,8-6-10)9-11(13)15-4-2/h10,14H,3-9H2,1-2H3. The molecule has 0 heterocycles. The lowest BCUT2D eigenvalue weighted by Crippen LogP contribution is -2.36. The fourth-order valence-electron chi connectivity index (χ4n) is 2.28. The van der Waals surface area contributed by atoms with Gasteiger partial charge in [0.15, 0.2) is 0 Å². The number of hydrogen-bond donors (Lipinski definition) is 1. The molecule has 1 saturated carbocycles. The third kappa shape index (κ3) is 3.82. The molecule has 1 fully saturated rings. The Balaban J connectivity index is 2.37. The van der Waals surface area contributed by atoms with Crippen LogP contribution in [0.2, 0.25) is 0 Å². The summed E-state index contributed by atoms with van der Waals surface area (Å²) in [5.74, 6) is 0.461. The maximum Gasteiger partial charge on any atom is 0.308 e. The fraction of sp³-hybridized carbons (Fsp3) is 0.917. The molecule has 15 heavy (non-hydrogen) atoms. The first kappa shape index (κ1) is 12.5. The summed E-state index contributed by atoms with van der Waals surface area (Å²) < 4.78 is 4.86. The van der Waals surface area contributed by atoms with Crippen LogP contribution in [0.25, 0.3) is 0 Å². The Kier molecular flexibility index (Phi) is 4.58. The number of esters is 1. The van der Waals surface area contributed by atoms with Gasteiger partial charge in [-0.2, -0.15) is 0 Å². The highest BCUT2D eigenvalue weighted by atomic mass is 16.5. The van der Waals surface area contributed by atoms with E-state index in [4.69, 9.17) is 4.74 Å². The molecular weight excluding hydrogens is 192 g/mol. The summed E-state index contributed by atoms with van der Waals surface area (Å²) in [5.41, 5.74) is -0.794. The molecule has 1 rings (SSSR count). The minimum Gasteiger partial charge on any atom is -0.466 e. The van der Waals surface area contributed by atoms with E-state index in [0.717, 1.165) is 31.6 Å². The molecule has 0 spiro atoms. The van der Waals surface area contributed by atoms with Crippen LogP contribution in [0.1, 0.15) is 52.4 Å². The summed E-state index contributed by atoms with van der Waals surface area (Å²) >= 11 is 0. The number of carbonyl (C=O) groups excluding carboxylic acids is 1. The molecule has 0 aliphatic heterocycles. The van der Waals surface area contributed by atoms with Gasteiger partial charge >= 0.3 is 5.97 Å². The minimum atomic E-state index is -0.794. The average molecular weight is 214 g/mol. The van der Waals surface area contributed by atoms with Crippen LogP contribution in [0.3, 0.4) is 0 Å². The van der Waals surface area contributed by atoms with Gasteiger partial charge in [-0.25, -0.2) is 0 Å². The van der Waals surface area contributed by atoms with Crippen LogP contribution in [0.5, 0.6) is 0 Å². The topological polar surface area (TPSA) is 46.5 Å². The van der Waals surface area contributed by atoms with Gasteiger partial charge in [0.2, 0.25) is 0 Å². The summed E-state index contributed by atoms with van der Waals surface area (Å²) in [7, 11) is 0. The second-order valence-corrected chi connectivity index (χ2v) is 4.56. The second-order valence-electron chi connectivity index (χ2n) is 4.56. The zero-order valence-electron chi connectivity index (χ0n) is 9.79. The van der Waals surface area contributed by atoms with E-state index in [1.165, 1.54) is 6.42 Å². The van der Waals surface area contributed by atoms with E-state index in [0.29, 0.717) is 6.61 Å². The third-order valence-corrected chi connectivity index (χ3v) is 3.39. The molecule has 3 nitrogen and oxygen atoms in total. The van der Waals surface area contributed by atoms with Crippen LogP contribution in [0.15, 0.2) is 0 Å². The predicted molar refractivity (Wildman–Crippen MR) is 58.4 cm³/mol. The third-order valence-electron chi connectivity index (χ3n) is 3.39. The Morgan fingerprint density at radius 2 is 2.00 bits per heavy atom. The Morgan fingerprint density at radius 1 is 1.40 bits per heavy atom. The van der Waals surface area contributed by atoms with E-state index in [-0.39, 0.29) is 12.4 Å². The summed E-state index contributed by atoms with van der Waals surface area (Å²) in [5, 5.41) is 10.2. The van der Waals surface area contributed by atoms with Gasteiger partial charge in [-0.15, -0.1) is 0 Å². The van der Waals surface area contributed by atoms with Crippen LogP contribution < -0.4 is 0 Å². The fourth-order valence-corrected chi connectivity index (χ4v) is 2.28. The first-order valence-electron chi connectivity index (χ1n) is 5.97. The van der Waals surface area contributed by atoms with Crippen LogP contribution >= 0.6 is 0 Å². The van der Waals surface area contributed by atoms with Crippen molar-refractivity contribution in [2.45, 2.75) is 58.0 Å². The summed E-state index contributed by atoms with van der Waals surface area (Å²) in [4.78, 5) is 11.3. The van der Waals surface area contributed by atoms with Crippen molar-refractivity contribution in [3.8, 4) is 0 Å². The van der Waals surface area contributed by atoms with Gasteiger partial charge in [0.05, 0.1) is 18.6 Å². The maximum absolute atomic E-state index is 11.3. The van der Waals surface area contributed by atoms with Crippen molar-refractivity contribution in [1.29, 1.82) is 0 Å². The van der Waals surface area contributed by atoms with Crippen molar-refractivity contribution in [3.63, 3.8) is 0 Å². The molecule has 88 valence electrons. The van der Waals surface area contributed by atoms with Crippen LogP contribution in [-0.4, -0.2) is 23.3 Å². The quantitative estimate of drug-likeness (QED) is 0.730. The van der Waals surface area contributed by atoms with Crippen molar-refractivity contribution in [2.24, 2.45) is 5.92 Å². The molecule has 0 aromatic rings. The Labute approximate surface area is 91.8 Å².